The summed E-state index contributed by atoms with van der Waals surface area (Å²) in [6.45, 7) is 0. The van der Waals surface area contributed by atoms with Crippen LogP contribution in [0.2, 0.25) is 0 Å². The van der Waals surface area contributed by atoms with Crippen LogP contribution < -0.4 is 0 Å². The molecule has 0 aliphatic rings. The van der Waals surface area contributed by atoms with Gasteiger partial charge in [0.15, 0.2) is 17.5 Å². The van der Waals surface area contributed by atoms with Crippen LogP contribution in [0.25, 0.3) is 116 Å². The fraction of sp³-hybridized carbons (Fsp3) is 0. The van der Waals surface area contributed by atoms with E-state index in [4.69, 9.17) is 19.4 Å². The summed E-state index contributed by atoms with van der Waals surface area (Å²) in [4.78, 5) is 15.3. The van der Waals surface area contributed by atoms with Gasteiger partial charge in [-0.05, 0) is 70.3 Å². The maximum atomic E-state index is 6.75. The number of nitrogens with zero attached hydrogens (tertiary/aromatic N) is 4. The summed E-state index contributed by atoms with van der Waals surface area (Å²) in [7, 11) is 0. The molecule has 5 heteroatoms. The second-order valence-electron chi connectivity index (χ2n) is 14.8. The molecule has 0 spiro atoms. The van der Waals surface area contributed by atoms with Gasteiger partial charge in [-0.1, -0.05) is 146 Å². The molecule has 58 heavy (non-hydrogen) atoms. The fourth-order valence-corrected chi connectivity index (χ4v) is 8.72. The fourth-order valence-electron chi connectivity index (χ4n) is 8.72. The summed E-state index contributed by atoms with van der Waals surface area (Å²) in [5.41, 5.74) is 9.90. The van der Waals surface area contributed by atoms with Crippen molar-refractivity contribution in [3.05, 3.63) is 194 Å². The zero-order chi connectivity index (χ0) is 38.2. The SMILES string of the molecule is c1ccc(-c2nc(-c3ccccc3)nc(-c3ccc(-n4c5ccccc5c5cc6ccccc6cc54)c(-c4cccc5oc6c7ccccc7ccc6c45)c3)n2)cc1. The number of para-hydroxylation sites is 1. The van der Waals surface area contributed by atoms with Gasteiger partial charge in [-0.25, -0.2) is 15.0 Å². The third-order valence-electron chi connectivity index (χ3n) is 11.4. The van der Waals surface area contributed by atoms with E-state index >= 15 is 0 Å². The molecule has 0 N–H and O–H groups in total. The second-order valence-corrected chi connectivity index (χ2v) is 14.8. The van der Waals surface area contributed by atoms with Crippen LogP contribution in [0.3, 0.4) is 0 Å². The van der Waals surface area contributed by atoms with Gasteiger partial charge < -0.3 is 8.98 Å². The van der Waals surface area contributed by atoms with E-state index in [1.165, 1.54) is 21.5 Å². The van der Waals surface area contributed by atoms with E-state index in [0.717, 1.165) is 77.2 Å². The topological polar surface area (TPSA) is 56.7 Å². The van der Waals surface area contributed by atoms with Gasteiger partial charge in [-0.3, -0.25) is 0 Å². The lowest BCUT2D eigenvalue weighted by molar-refractivity contribution is 0.673. The lowest BCUT2D eigenvalue weighted by atomic mass is 9.95. The Morgan fingerprint density at radius 3 is 1.72 bits per heavy atom. The van der Waals surface area contributed by atoms with Crippen LogP contribution in [0, 0.1) is 0 Å². The molecule has 12 aromatic rings. The molecule has 0 radical (unpaired) electrons. The minimum Gasteiger partial charge on any atom is -0.455 e. The Morgan fingerprint density at radius 1 is 0.362 bits per heavy atom. The molecule has 3 heterocycles. The van der Waals surface area contributed by atoms with Crippen molar-refractivity contribution in [2.45, 2.75) is 0 Å². The Labute approximate surface area is 333 Å². The molecule has 12 rings (SSSR count). The molecular formula is C53H32N4O. The van der Waals surface area contributed by atoms with Crippen molar-refractivity contribution in [2.75, 3.05) is 0 Å². The number of aromatic nitrogens is 4. The molecule has 270 valence electrons. The molecule has 0 aliphatic carbocycles. The Kier molecular flexibility index (Phi) is 7.16. The van der Waals surface area contributed by atoms with Crippen molar-refractivity contribution in [3.63, 3.8) is 0 Å². The Bertz CT molecular complexity index is 3510. The number of rotatable bonds is 5. The van der Waals surface area contributed by atoms with Crippen molar-refractivity contribution in [1.29, 1.82) is 0 Å². The average molecular weight is 741 g/mol. The van der Waals surface area contributed by atoms with E-state index in [9.17, 15) is 0 Å². The summed E-state index contributed by atoms with van der Waals surface area (Å²) in [5.74, 6) is 1.85. The van der Waals surface area contributed by atoms with E-state index in [0.29, 0.717) is 17.5 Å². The third kappa shape index (κ3) is 5.07. The van der Waals surface area contributed by atoms with Crippen LogP contribution in [0.4, 0.5) is 0 Å². The summed E-state index contributed by atoms with van der Waals surface area (Å²) in [6.07, 6.45) is 0. The highest BCUT2D eigenvalue weighted by molar-refractivity contribution is 6.20. The number of furan rings is 1. The molecule has 0 saturated heterocycles. The summed E-state index contributed by atoms with van der Waals surface area (Å²) >= 11 is 0. The molecule has 0 aliphatic heterocycles. The van der Waals surface area contributed by atoms with Crippen molar-refractivity contribution >= 4 is 65.3 Å². The van der Waals surface area contributed by atoms with Crippen LogP contribution >= 0.6 is 0 Å². The Hall–Kier alpha value is -7.89. The Morgan fingerprint density at radius 2 is 0.983 bits per heavy atom. The predicted octanol–water partition coefficient (Wildman–Crippen LogP) is 13.8. The maximum Gasteiger partial charge on any atom is 0.164 e. The highest BCUT2D eigenvalue weighted by Crippen LogP contribution is 2.44. The molecular weight excluding hydrogens is 709 g/mol. The van der Waals surface area contributed by atoms with E-state index in [1.807, 2.05) is 60.7 Å². The first-order valence-corrected chi connectivity index (χ1v) is 19.5. The van der Waals surface area contributed by atoms with Crippen LogP contribution in [0.1, 0.15) is 0 Å². The van der Waals surface area contributed by atoms with Crippen molar-refractivity contribution in [2.24, 2.45) is 0 Å². The second kappa shape index (κ2) is 12.8. The van der Waals surface area contributed by atoms with Gasteiger partial charge in [0, 0.05) is 49.2 Å². The van der Waals surface area contributed by atoms with Gasteiger partial charge in [0.2, 0.25) is 0 Å². The molecule has 0 amide bonds. The molecule has 0 atom stereocenters. The molecule has 0 unspecified atom stereocenters. The molecule has 0 bridgehead atoms. The van der Waals surface area contributed by atoms with E-state index in [2.05, 4.69) is 138 Å². The van der Waals surface area contributed by atoms with E-state index in [1.54, 1.807) is 0 Å². The molecule has 0 fully saturated rings. The summed E-state index contributed by atoms with van der Waals surface area (Å²) < 4.78 is 9.17. The van der Waals surface area contributed by atoms with Gasteiger partial charge in [-0.2, -0.15) is 0 Å². The molecule has 3 aromatic heterocycles. The molecule has 5 nitrogen and oxygen atoms in total. The summed E-state index contributed by atoms with van der Waals surface area (Å²) in [6, 6.07) is 68.1. The number of hydrogen-bond acceptors (Lipinski definition) is 4. The zero-order valence-electron chi connectivity index (χ0n) is 31.2. The predicted molar refractivity (Wildman–Crippen MR) is 238 cm³/mol. The van der Waals surface area contributed by atoms with Gasteiger partial charge in [-0.15, -0.1) is 0 Å². The van der Waals surface area contributed by atoms with Crippen LogP contribution in [0.5, 0.6) is 0 Å². The number of fused-ring (bicyclic) bond motifs is 9. The minimum absolute atomic E-state index is 0.601. The van der Waals surface area contributed by atoms with Crippen LogP contribution in [0.15, 0.2) is 199 Å². The lowest BCUT2D eigenvalue weighted by Gasteiger charge is -2.17. The van der Waals surface area contributed by atoms with E-state index < -0.39 is 0 Å². The highest BCUT2D eigenvalue weighted by atomic mass is 16.3. The smallest absolute Gasteiger partial charge is 0.164 e. The van der Waals surface area contributed by atoms with Crippen LogP contribution in [-0.4, -0.2) is 19.5 Å². The average Bonchev–Trinajstić information content (AvgIpc) is 3.84. The summed E-state index contributed by atoms with van der Waals surface area (Å²) in [5, 5.41) is 9.21. The zero-order valence-corrected chi connectivity index (χ0v) is 31.2. The highest BCUT2D eigenvalue weighted by Gasteiger charge is 2.22. The first kappa shape index (κ1) is 32.4. The van der Waals surface area contributed by atoms with Crippen LogP contribution in [-0.2, 0) is 0 Å². The Balaban J connectivity index is 1.18. The van der Waals surface area contributed by atoms with Crippen molar-refractivity contribution in [3.8, 4) is 51.0 Å². The largest absolute Gasteiger partial charge is 0.455 e. The minimum atomic E-state index is 0.601. The van der Waals surface area contributed by atoms with Crippen molar-refractivity contribution < 1.29 is 4.42 Å². The molecule has 9 aromatic carbocycles. The van der Waals surface area contributed by atoms with Gasteiger partial charge in [0.1, 0.15) is 11.2 Å². The molecule has 0 saturated carbocycles. The van der Waals surface area contributed by atoms with Gasteiger partial charge >= 0.3 is 0 Å². The maximum absolute atomic E-state index is 6.75. The normalized spacial score (nSPS) is 11.8. The first-order chi connectivity index (χ1) is 28.7. The van der Waals surface area contributed by atoms with Gasteiger partial charge in [0.05, 0.1) is 16.7 Å². The monoisotopic (exact) mass is 740 g/mol. The van der Waals surface area contributed by atoms with E-state index in [-0.39, 0.29) is 0 Å². The third-order valence-corrected chi connectivity index (χ3v) is 11.4. The number of hydrogen-bond donors (Lipinski definition) is 0. The first-order valence-electron chi connectivity index (χ1n) is 19.5. The van der Waals surface area contributed by atoms with Crippen molar-refractivity contribution in [1.82, 2.24) is 19.5 Å². The lowest BCUT2D eigenvalue weighted by Crippen LogP contribution is -2.02. The number of benzene rings is 9. The quantitative estimate of drug-likeness (QED) is 0.176. The van der Waals surface area contributed by atoms with Gasteiger partial charge in [0.25, 0.3) is 0 Å². The standard InChI is InChI=1S/C53H32N4O/c1-3-15-34(16-4-1)51-54-52(35-17-5-2-6-18-35)56-53(55-51)38-27-29-46(57-45-24-12-11-22-40(45)43-30-36-19-7-8-20-37(36)32-47(43)57)44(31-38)41-23-13-25-48-49(41)42-28-26-33-14-9-10-21-39(33)50(42)58-48/h1-32H.